The van der Waals surface area contributed by atoms with Crippen molar-refractivity contribution in [3.05, 3.63) is 28.2 Å². The molecule has 0 radical (unpaired) electrons. The predicted octanol–water partition coefficient (Wildman–Crippen LogP) is 3.51. The van der Waals surface area contributed by atoms with E-state index in [1.165, 1.54) is 0 Å². The maximum Gasteiger partial charge on any atom is 0.319 e. The van der Waals surface area contributed by atoms with E-state index in [4.69, 9.17) is 23.2 Å². The SMILES string of the molecule is CC(C)(C)N1CC(NC(=O)Nc2ccc(Cl)cc2Cl)CC1=O. The summed E-state index contributed by atoms with van der Waals surface area (Å²) in [5.41, 5.74) is 0.226. The molecule has 0 spiro atoms. The van der Waals surface area contributed by atoms with Gasteiger partial charge in [-0.15, -0.1) is 0 Å². The van der Waals surface area contributed by atoms with Crippen LogP contribution in [0.1, 0.15) is 27.2 Å². The molecule has 1 aromatic rings. The average molecular weight is 344 g/mol. The third kappa shape index (κ3) is 4.05. The zero-order valence-electron chi connectivity index (χ0n) is 12.7. The lowest BCUT2D eigenvalue weighted by molar-refractivity contribution is -0.131. The van der Waals surface area contributed by atoms with Gasteiger partial charge in [-0.25, -0.2) is 4.79 Å². The van der Waals surface area contributed by atoms with Gasteiger partial charge in [0.2, 0.25) is 5.91 Å². The minimum Gasteiger partial charge on any atom is -0.336 e. The summed E-state index contributed by atoms with van der Waals surface area (Å²) >= 11 is 11.8. The fourth-order valence-corrected chi connectivity index (χ4v) is 2.84. The van der Waals surface area contributed by atoms with Gasteiger partial charge in [-0.1, -0.05) is 23.2 Å². The van der Waals surface area contributed by atoms with Crippen LogP contribution in [0.25, 0.3) is 0 Å². The van der Waals surface area contributed by atoms with Crippen LogP contribution in [-0.2, 0) is 4.79 Å². The van der Waals surface area contributed by atoms with Crippen LogP contribution in [0.4, 0.5) is 10.5 Å². The topological polar surface area (TPSA) is 61.4 Å². The van der Waals surface area contributed by atoms with E-state index in [0.29, 0.717) is 28.7 Å². The van der Waals surface area contributed by atoms with Crippen LogP contribution in [0.3, 0.4) is 0 Å². The molecule has 1 saturated heterocycles. The Morgan fingerprint density at radius 1 is 1.32 bits per heavy atom. The Bertz CT molecular complexity index is 599. The Kier molecular flexibility index (Phi) is 4.87. The Balaban J connectivity index is 1.94. The summed E-state index contributed by atoms with van der Waals surface area (Å²) in [5, 5.41) is 6.32. The van der Waals surface area contributed by atoms with Gasteiger partial charge in [0, 0.05) is 23.5 Å². The molecule has 1 heterocycles. The number of nitrogens with one attached hydrogen (secondary N) is 2. The van der Waals surface area contributed by atoms with Crippen molar-refractivity contribution in [1.29, 1.82) is 0 Å². The van der Waals surface area contributed by atoms with E-state index in [-0.39, 0.29) is 17.5 Å². The molecule has 1 aliphatic heterocycles. The lowest BCUT2D eigenvalue weighted by Crippen LogP contribution is -2.45. The van der Waals surface area contributed by atoms with Gasteiger partial charge in [-0.05, 0) is 39.0 Å². The van der Waals surface area contributed by atoms with Gasteiger partial charge < -0.3 is 15.5 Å². The van der Waals surface area contributed by atoms with Crippen LogP contribution >= 0.6 is 23.2 Å². The van der Waals surface area contributed by atoms with Crippen molar-refractivity contribution >= 4 is 40.8 Å². The number of carbonyl (C=O) groups excluding carboxylic acids is 2. The number of hydrogen-bond donors (Lipinski definition) is 2. The molecule has 5 nitrogen and oxygen atoms in total. The van der Waals surface area contributed by atoms with Gasteiger partial charge in [0.1, 0.15) is 0 Å². The van der Waals surface area contributed by atoms with Gasteiger partial charge in [0.05, 0.1) is 16.8 Å². The number of nitrogens with zero attached hydrogens (tertiary/aromatic N) is 1. The van der Waals surface area contributed by atoms with E-state index in [2.05, 4.69) is 10.6 Å². The first-order valence-corrected chi connectivity index (χ1v) is 7.75. The second-order valence-corrected chi connectivity index (χ2v) is 7.14. The molecule has 3 amide bonds. The first kappa shape index (κ1) is 16.9. The Morgan fingerprint density at radius 3 is 2.55 bits per heavy atom. The van der Waals surface area contributed by atoms with Crippen molar-refractivity contribution in [2.24, 2.45) is 0 Å². The molecule has 1 fully saturated rings. The minimum absolute atomic E-state index is 0.0438. The molecule has 1 atom stereocenters. The molecule has 0 aromatic heterocycles. The van der Waals surface area contributed by atoms with Crippen LogP contribution < -0.4 is 10.6 Å². The lowest BCUT2D eigenvalue weighted by atomic mass is 10.1. The van der Waals surface area contributed by atoms with Crippen LogP contribution in [0.5, 0.6) is 0 Å². The summed E-state index contributed by atoms with van der Waals surface area (Å²) in [5.74, 6) is 0.0438. The van der Waals surface area contributed by atoms with E-state index in [1.54, 1.807) is 23.1 Å². The zero-order chi connectivity index (χ0) is 16.5. The highest BCUT2D eigenvalue weighted by molar-refractivity contribution is 6.36. The van der Waals surface area contributed by atoms with Gasteiger partial charge in [0.25, 0.3) is 0 Å². The minimum atomic E-state index is -0.391. The standard InChI is InChI=1S/C15H19Cl2N3O2/c1-15(2,3)20-8-10(7-13(20)21)18-14(22)19-12-5-4-9(16)6-11(12)17/h4-6,10H,7-8H2,1-3H3,(H2,18,19,22). The Morgan fingerprint density at radius 2 is 2.00 bits per heavy atom. The second-order valence-electron chi connectivity index (χ2n) is 6.30. The normalized spacial score (nSPS) is 18.5. The monoisotopic (exact) mass is 343 g/mol. The van der Waals surface area contributed by atoms with Gasteiger partial charge in [-0.3, -0.25) is 4.79 Å². The van der Waals surface area contributed by atoms with Crippen LogP contribution in [-0.4, -0.2) is 35.0 Å². The molecule has 1 aromatic carbocycles. The van der Waals surface area contributed by atoms with Crippen LogP contribution in [0.2, 0.25) is 10.0 Å². The molecule has 120 valence electrons. The number of urea groups is 1. The highest BCUT2D eigenvalue weighted by Gasteiger charge is 2.36. The number of amides is 3. The molecule has 0 aliphatic carbocycles. The molecule has 2 rings (SSSR count). The number of halogens is 2. The summed E-state index contributed by atoms with van der Waals surface area (Å²) in [6.07, 6.45) is 0.305. The van der Waals surface area contributed by atoms with Gasteiger partial charge in [0.15, 0.2) is 0 Å². The molecule has 7 heteroatoms. The smallest absolute Gasteiger partial charge is 0.319 e. The number of hydrogen-bond acceptors (Lipinski definition) is 2. The first-order valence-electron chi connectivity index (χ1n) is 7.00. The number of likely N-dealkylation sites (tertiary alicyclic amines) is 1. The molecular formula is C15H19Cl2N3O2. The quantitative estimate of drug-likeness (QED) is 0.862. The van der Waals surface area contributed by atoms with Crippen molar-refractivity contribution < 1.29 is 9.59 Å². The van der Waals surface area contributed by atoms with E-state index in [9.17, 15) is 9.59 Å². The van der Waals surface area contributed by atoms with Crippen molar-refractivity contribution in [3.63, 3.8) is 0 Å². The zero-order valence-corrected chi connectivity index (χ0v) is 14.3. The van der Waals surface area contributed by atoms with E-state index in [0.717, 1.165) is 0 Å². The highest BCUT2D eigenvalue weighted by Crippen LogP contribution is 2.25. The first-order chi connectivity index (χ1) is 10.2. The third-order valence-electron chi connectivity index (χ3n) is 3.45. The van der Waals surface area contributed by atoms with E-state index >= 15 is 0 Å². The number of anilines is 1. The average Bonchev–Trinajstić information content (AvgIpc) is 2.73. The molecule has 2 N–H and O–H groups in total. The molecular weight excluding hydrogens is 325 g/mol. The number of rotatable bonds is 2. The third-order valence-corrected chi connectivity index (χ3v) is 4.00. The van der Waals surface area contributed by atoms with Crippen molar-refractivity contribution in [2.45, 2.75) is 38.8 Å². The maximum atomic E-state index is 12.0. The molecule has 1 unspecified atom stereocenters. The highest BCUT2D eigenvalue weighted by atomic mass is 35.5. The molecule has 22 heavy (non-hydrogen) atoms. The fraction of sp³-hybridized carbons (Fsp3) is 0.467. The van der Waals surface area contributed by atoms with Crippen LogP contribution in [0, 0.1) is 0 Å². The number of benzene rings is 1. The van der Waals surface area contributed by atoms with Crippen molar-refractivity contribution in [2.75, 3.05) is 11.9 Å². The summed E-state index contributed by atoms with van der Waals surface area (Å²) in [4.78, 5) is 25.8. The lowest BCUT2D eigenvalue weighted by Gasteiger charge is -2.32. The maximum absolute atomic E-state index is 12.0. The largest absolute Gasteiger partial charge is 0.336 e. The van der Waals surface area contributed by atoms with Gasteiger partial charge in [-0.2, -0.15) is 0 Å². The Labute approximate surface area is 139 Å². The molecule has 0 saturated carbocycles. The van der Waals surface area contributed by atoms with Crippen molar-refractivity contribution in [3.8, 4) is 0 Å². The Hall–Kier alpha value is -1.46. The summed E-state index contributed by atoms with van der Waals surface area (Å²) in [6, 6.07) is 4.23. The van der Waals surface area contributed by atoms with E-state index in [1.807, 2.05) is 20.8 Å². The summed E-state index contributed by atoms with van der Waals surface area (Å²) < 4.78 is 0. The fourth-order valence-electron chi connectivity index (χ4n) is 2.39. The predicted molar refractivity (Wildman–Crippen MR) is 88.5 cm³/mol. The van der Waals surface area contributed by atoms with E-state index < -0.39 is 6.03 Å². The molecule has 0 bridgehead atoms. The number of carbonyl (C=O) groups is 2. The molecule has 1 aliphatic rings. The van der Waals surface area contributed by atoms with Crippen molar-refractivity contribution in [1.82, 2.24) is 10.2 Å². The van der Waals surface area contributed by atoms with Gasteiger partial charge >= 0.3 is 6.03 Å². The second kappa shape index (κ2) is 6.34. The summed E-state index contributed by atoms with van der Waals surface area (Å²) in [6.45, 7) is 6.42. The summed E-state index contributed by atoms with van der Waals surface area (Å²) in [7, 11) is 0. The van der Waals surface area contributed by atoms with Crippen LogP contribution in [0.15, 0.2) is 18.2 Å².